The van der Waals surface area contributed by atoms with E-state index in [1.54, 1.807) is 4.40 Å². The molecule has 0 saturated carbocycles. The summed E-state index contributed by atoms with van der Waals surface area (Å²) < 4.78 is 1.58. The Morgan fingerprint density at radius 1 is 1.33 bits per heavy atom. The molecule has 0 atom stereocenters. The van der Waals surface area contributed by atoms with E-state index in [1.807, 2.05) is 50.2 Å². The van der Waals surface area contributed by atoms with Crippen molar-refractivity contribution in [3.8, 4) is 11.8 Å². The highest BCUT2D eigenvalue weighted by atomic mass is 16.1. The Hall–Kier alpha value is -2.58. The highest BCUT2D eigenvalue weighted by Crippen LogP contribution is 2.20. The second-order valence-electron chi connectivity index (χ2n) is 5.32. The number of pyridine rings is 1. The van der Waals surface area contributed by atoms with E-state index in [0.717, 1.165) is 22.0 Å². The molecule has 21 heavy (non-hydrogen) atoms. The average Bonchev–Trinajstić information content (AvgIpc) is 2.80. The fourth-order valence-electron chi connectivity index (χ4n) is 2.34. The number of aromatic nitrogens is 3. The number of H-pyrrole nitrogens is 1. The molecular formula is C16H16N4O. The molecule has 0 aliphatic carbocycles. The van der Waals surface area contributed by atoms with Crippen molar-refractivity contribution in [3.63, 3.8) is 0 Å². The molecule has 2 aromatic heterocycles. The second-order valence-corrected chi connectivity index (χ2v) is 5.32. The number of nitrogens with one attached hydrogen (secondary N) is 1. The van der Waals surface area contributed by atoms with Crippen LogP contribution in [0.4, 0.5) is 0 Å². The first kappa shape index (κ1) is 13.4. The van der Waals surface area contributed by atoms with E-state index in [0.29, 0.717) is 12.2 Å². The lowest BCUT2D eigenvalue weighted by atomic mass is 10.1. The molecule has 106 valence electrons. The van der Waals surface area contributed by atoms with Crippen molar-refractivity contribution in [2.75, 3.05) is 20.6 Å². The first-order valence-corrected chi connectivity index (χ1v) is 6.70. The Labute approximate surface area is 122 Å². The van der Waals surface area contributed by atoms with Gasteiger partial charge in [0, 0.05) is 10.9 Å². The molecular weight excluding hydrogens is 264 g/mol. The summed E-state index contributed by atoms with van der Waals surface area (Å²) in [7, 11) is 3.96. The van der Waals surface area contributed by atoms with Gasteiger partial charge in [0.1, 0.15) is 0 Å². The molecule has 5 heteroatoms. The van der Waals surface area contributed by atoms with Crippen molar-refractivity contribution >= 4 is 16.6 Å². The molecule has 0 bridgehead atoms. The van der Waals surface area contributed by atoms with E-state index >= 15 is 0 Å². The smallest absolute Gasteiger partial charge is 0.299 e. The van der Waals surface area contributed by atoms with Gasteiger partial charge >= 0.3 is 5.69 Å². The molecule has 0 unspecified atom stereocenters. The zero-order valence-electron chi connectivity index (χ0n) is 12.3. The number of hydrogen-bond donors (Lipinski definition) is 1. The summed E-state index contributed by atoms with van der Waals surface area (Å²) in [4.78, 5) is 13.9. The lowest BCUT2D eigenvalue weighted by Gasteiger charge is -2.05. The van der Waals surface area contributed by atoms with Crippen LogP contribution in [0.5, 0.6) is 0 Å². The number of aryl methyl sites for hydroxylation is 1. The molecule has 0 saturated heterocycles. The number of hydrogen-bond acceptors (Lipinski definition) is 3. The summed E-state index contributed by atoms with van der Waals surface area (Å²) in [5, 5.41) is 7.55. The molecule has 0 aliphatic rings. The van der Waals surface area contributed by atoms with Crippen LogP contribution in [0.25, 0.3) is 16.6 Å². The van der Waals surface area contributed by atoms with Gasteiger partial charge in [-0.05, 0) is 44.8 Å². The van der Waals surface area contributed by atoms with Crippen LogP contribution in [0, 0.1) is 18.8 Å². The monoisotopic (exact) mass is 280 g/mol. The Balaban J connectivity index is 2.23. The predicted octanol–water partition coefficient (Wildman–Crippen LogP) is 1.40. The van der Waals surface area contributed by atoms with Crippen LogP contribution in [0.15, 0.2) is 29.1 Å². The van der Waals surface area contributed by atoms with Gasteiger partial charge in [-0.3, -0.25) is 4.90 Å². The summed E-state index contributed by atoms with van der Waals surface area (Å²) in [6, 6.07) is 7.82. The van der Waals surface area contributed by atoms with Crippen molar-refractivity contribution in [2.24, 2.45) is 0 Å². The Morgan fingerprint density at radius 2 is 2.14 bits per heavy atom. The summed E-state index contributed by atoms with van der Waals surface area (Å²) >= 11 is 0. The van der Waals surface area contributed by atoms with Gasteiger partial charge in [0.2, 0.25) is 0 Å². The minimum atomic E-state index is -0.228. The third-order valence-corrected chi connectivity index (χ3v) is 3.34. The van der Waals surface area contributed by atoms with Gasteiger partial charge in [-0.1, -0.05) is 17.9 Å². The first-order valence-electron chi connectivity index (χ1n) is 6.70. The van der Waals surface area contributed by atoms with E-state index in [2.05, 4.69) is 22.0 Å². The van der Waals surface area contributed by atoms with E-state index in [4.69, 9.17) is 0 Å². The molecule has 5 nitrogen and oxygen atoms in total. The van der Waals surface area contributed by atoms with Crippen molar-refractivity contribution in [1.82, 2.24) is 19.5 Å². The number of benzene rings is 1. The molecule has 1 N–H and O–H groups in total. The molecule has 0 spiro atoms. The third kappa shape index (κ3) is 2.41. The minimum absolute atomic E-state index is 0.228. The first-order chi connectivity index (χ1) is 10.1. The average molecular weight is 280 g/mol. The van der Waals surface area contributed by atoms with Gasteiger partial charge < -0.3 is 0 Å². The molecule has 0 amide bonds. The number of fused-ring (bicyclic) bond motifs is 3. The van der Waals surface area contributed by atoms with Crippen LogP contribution in [0.2, 0.25) is 0 Å². The van der Waals surface area contributed by atoms with Crippen LogP contribution in [-0.4, -0.2) is 40.1 Å². The van der Waals surface area contributed by atoms with Crippen molar-refractivity contribution in [1.29, 1.82) is 0 Å². The highest BCUT2D eigenvalue weighted by Gasteiger charge is 2.08. The Kier molecular flexibility index (Phi) is 3.24. The zero-order chi connectivity index (χ0) is 15.0. The lowest BCUT2D eigenvalue weighted by molar-refractivity contribution is 0.464. The largest absolute Gasteiger partial charge is 0.348 e. The molecule has 3 aromatic rings. The van der Waals surface area contributed by atoms with E-state index < -0.39 is 0 Å². The molecule has 0 aliphatic heterocycles. The topological polar surface area (TPSA) is 53.4 Å². The van der Waals surface area contributed by atoms with Crippen molar-refractivity contribution in [3.05, 3.63) is 45.9 Å². The molecule has 0 radical (unpaired) electrons. The highest BCUT2D eigenvalue weighted by molar-refractivity contribution is 5.86. The number of rotatable bonds is 1. The summed E-state index contributed by atoms with van der Waals surface area (Å²) in [5.41, 5.74) is 3.21. The van der Waals surface area contributed by atoms with E-state index in [-0.39, 0.29) is 5.69 Å². The van der Waals surface area contributed by atoms with Crippen molar-refractivity contribution < 1.29 is 0 Å². The maximum absolute atomic E-state index is 11.9. The van der Waals surface area contributed by atoms with Gasteiger partial charge in [-0.25, -0.2) is 14.3 Å². The van der Waals surface area contributed by atoms with Crippen molar-refractivity contribution in [2.45, 2.75) is 6.92 Å². The maximum Gasteiger partial charge on any atom is 0.348 e. The van der Waals surface area contributed by atoms with Gasteiger partial charge in [-0.2, -0.15) is 5.10 Å². The van der Waals surface area contributed by atoms with Gasteiger partial charge in [-0.15, -0.1) is 0 Å². The molecule has 0 fully saturated rings. The number of aromatic amines is 1. The fourth-order valence-corrected chi connectivity index (χ4v) is 2.34. The van der Waals surface area contributed by atoms with Gasteiger partial charge in [0.15, 0.2) is 5.65 Å². The van der Waals surface area contributed by atoms with Gasteiger partial charge in [0.25, 0.3) is 0 Å². The van der Waals surface area contributed by atoms with Crippen LogP contribution < -0.4 is 5.69 Å². The summed E-state index contributed by atoms with van der Waals surface area (Å²) in [5.74, 6) is 6.23. The second kappa shape index (κ2) is 5.08. The molecule has 1 aromatic carbocycles. The SMILES string of the molecule is Cc1cc2n[nH]c(=O)n2c2cc(C#CCN(C)C)ccc12. The lowest BCUT2D eigenvalue weighted by Crippen LogP contribution is -2.11. The van der Waals surface area contributed by atoms with Gasteiger partial charge in [0.05, 0.1) is 12.1 Å². The summed E-state index contributed by atoms with van der Waals surface area (Å²) in [6.07, 6.45) is 0. The minimum Gasteiger partial charge on any atom is -0.299 e. The summed E-state index contributed by atoms with van der Waals surface area (Å²) in [6.45, 7) is 2.71. The predicted molar refractivity (Wildman–Crippen MR) is 83.5 cm³/mol. The number of nitrogens with zero attached hydrogens (tertiary/aromatic N) is 3. The van der Waals surface area contributed by atoms with E-state index in [9.17, 15) is 4.79 Å². The Morgan fingerprint density at radius 3 is 2.90 bits per heavy atom. The fraction of sp³-hybridized carbons (Fsp3) is 0.250. The van der Waals surface area contributed by atoms with Crippen LogP contribution >= 0.6 is 0 Å². The maximum atomic E-state index is 11.9. The standard InChI is InChI=1S/C16H16N4O/c1-11-9-15-17-18-16(21)20(15)14-10-12(6-7-13(11)14)5-4-8-19(2)3/h6-7,9-10H,8H2,1-3H3,(H,18,21). The van der Waals surface area contributed by atoms with Crippen LogP contribution in [0.1, 0.15) is 11.1 Å². The molecule has 3 rings (SSSR count). The molecule has 2 heterocycles. The third-order valence-electron chi connectivity index (χ3n) is 3.34. The van der Waals surface area contributed by atoms with E-state index in [1.165, 1.54) is 0 Å². The Bertz CT molecular complexity index is 938. The normalized spacial score (nSPS) is 11.0. The quantitative estimate of drug-likeness (QED) is 0.686. The van der Waals surface area contributed by atoms with Crippen LogP contribution in [0.3, 0.4) is 0 Å². The van der Waals surface area contributed by atoms with Crippen LogP contribution in [-0.2, 0) is 0 Å². The zero-order valence-corrected chi connectivity index (χ0v) is 12.3.